The van der Waals surface area contributed by atoms with Crippen LogP contribution in [0.4, 0.5) is 5.82 Å². The minimum atomic E-state index is -3.43. The third-order valence-electron chi connectivity index (χ3n) is 2.75. The van der Waals surface area contributed by atoms with Gasteiger partial charge in [0.1, 0.15) is 11.9 Å². The van der Waals surface area contributed by atoms with Crippen molar-refractivity contribution in [3.63, 3.8) is 0 Å². The van der Waals surface area contributed by atoms with Gasteiger partial charge >= 0.3 is 0 Å². The summed E-state index contributed by atoms with van der Waals surface area (Å²) >= 11 is 0. The Balaban J connectivity index is 2.09. The molecule has 0 aromatic carbocycles. The molecule has 1 aromatic rings. The highest BCUT2D eigenvalue weighted by Gasteiger charge is 2.27. The minimum absolute atomic E-state index is 0.237. The van der Waals surface area contributed by atoms with Gasteiger partial charge in [-0.25, -0.2) is 13.4 Å². The molecule has 0 unspecified atom stereocenters. The predicted molar refractivity (Wildman–Crippen MR) is 65.3 cm³/mol. The standard InChI is InChI=1S/C11H13N3O3S/c12-7-9-1-2-11(13-8-9)14-18(15,16)10-3-5-17-6-4-10/h1-2,8,10H,3-6H2,(H,13,14). The first-order valence-corrected chi connectivity index (χ1v) is 7.12. The van der Waals surface area contributed by atoms with Crippen molar-refractivity contribution >= 4 is 15.8 Å². The molecule has 0 spiro atoms. The van der Waals surface area contributed by atoms with Crippen molar-refractivity contribution in [2.75, 3.05) is 17.9 Å². The molecule has 1 aliphatic heterocycles. The van der Waals surface area contributed by atoms with Crippen molar-refractivity contribution in [1.29, 1.82) is 5.26 Å². The number of anilines is 1. The van der Waals surface area contributed by atoms with Crippen LogP contribution in [0.1, 0.15) is 18.4 Å². The molecule has 0 saturated carbocycles. The predicted octanol–water partition coefficient (Wildman–Crippen LogP) is 0.874. The molecular weight excluding hydrogens is 254 g/mol. The first-order chi connectivity index (χ1) is 8.62. The zero-order chi connectivity index (χ0) is 13.0. The average molecular weight is 267 g/mol. The van der Waals surface area contributed by atoms with E-state index in [0.29, 0.717) is 31.6 Å². The number of sulfonamides is 1. The average Bonchev–Trinajstić information content (AvgIpc) is 2.40. The van der Waals surface area contributed by atoms with E-state index < -0.39 is 15.3 Å². The smallest absolute Gasteiger partial charge is 0.236 e. The molecule has 0 amide bonds. The summed E-state index contributed by atoms with van der Waals surface area (Å²) in [5.74, 6) is 0.237. The summed E-state index contributed by atoms with van der Waals surface area (Å²) < 4.78 is 31.6. The van der Waals surface area contributed by atoms with Gasteiger partial charge in [-0.2, -0.15) is 5.26 Å². The maximum absolute atomic E-state index is 12.0. The molecule has 0 bridgehead atoms. The number of aromatic nitrogens is 1. The number of hydrogen-bond donors (Lipinski definition) is 1. The molecule has 18 heavy (non-hydrogen) atoms. The summed E-state index contributed by atoms with van der Waals surface area (Å²) in [6.07, 6.45) is 2.32. The van der Waals surface area contributed by atoms with E-state index in [1.807, 2.05) is 6.07 Å². The Bertz CT molecular complexity index is 542. The molecule has 0 aliphatic carbocycles. The van der Waals surface area contributed by atoms with E-state index in [4.69, 9.17) is 10.00 Å². The van der Waals surface area contributed by atoms with Crippen LogP contribution in [0.15, 0.2) is 18.3 Å². The van der Waals surface area contributed by atoms with E-state index in [9.17, 15) is 8.42 Å². The highest BCUT2D eigenvalue weighted by molar-refractivity contribution is 7.93. The van der Waals surface area contributed by atoms with Crippen molar-refractivity contribution < 1.29 is 13.2 Å². The summed E-state index contributed by atoms with van der Waals surface area (Å²) in [5, 5.41) is 8.18. The van der Waals surface area contributed by atoms with Crippen molar-refractivity contribution in [3.8, 4) is 6.07 Å². The molecular formula is C11H13N3O3S. The van der Waals surface area contributed by atoms with E-state index in [1.54, 1.807) is 0 Å². The summed E-state index contributed by atoms with van der Waals surface area (Å²) in [5.41, 5.74) is 0.393. The zero-order valence-corrected chi connectivity index (χ0v) is 10.5. The fraction of sp³-hybridized carbons (Fsp3) is 0.455. The Labute approximate surface area is 106 Å². The van der Waals surface area contributed by atoms with Gasteiger partial charge < -0.3 is 4.74 Å². The number of nitriles is 1. The van der Waals surface area contributed by atoms with Crippen LogP contribution in [0.3, 0.4) is 0 Å². The molecule has 6 nitrogen and oxygen atoms in total. The molecule has 96 valence electrons. The highest BCUT2D eigenvalue weighted by atomic mass is 32.2. The van der Waals surface area contributed by atoms with Gasteiger partial charge in [0.15, 0.2) is 0 Å². The van der Waals surface area contributed by atoms with Crippen molar-refractivity contribution in [2.45, 2.75) is 18.1 Å². The Morgan fingerprint density at radius 1 is 1.39 bits per heavy atom. The minimum Gasteiger partial charge on any atom is -0.381 e. The maximum atomic E-state index is 12.0. The Hall–Kier alpha value is -1.65. The van der Waals surface area contributed by atoms with Gasteiger partial charge in [0.05, 0.1) is 10.8 Å². The summed E-state index contributed by atoms with van der Waals surface area (Å²) in [6.45, 7) is 0.929. The second-order valence-corrected chi connectivity index (χ2v) is 5.96. The lowest BCUT2D eigenvalue weighted by molar-refractivity contribution is 0.0984. The van der Waals surface area contributed by atoms with E-state index in [1.165, 1.54) is 18.3 Å². The molecule has 0 radical (unpaired) electrons. The first kappa shape index (κ1) is 12.8. The number of hydrogen-bond acceptors (Lipinski definition) is 5. The van der Waals surface area contributed by atoms with Gasteiger partial charge in [0, 0.05) is 19.4 Å². The van der Waals surface area contributed by atoms with E-state index in [2.05, 4.69) is 9.71 Å². The van der Waals surface area contributed by atoms with Crippen LogP contribution in [-0.2, 0) is 14.8 Å². The van der Waals surface area contributed by atoms with E-state index in [0.717, 1.165) is 0 Å². The normalized spacial score (nSPS) is 17.1. The summed E-state index contributed by atoms with van der Waals surface area (Å²) in [6, 6.07) is 4.93. The highest BCUT2D eigenvalue weighted by Crippen LogP contribution is 2.18. The van der Waals surface area contributed by atoms with Crippen LogP contribution in [0.5, 0.6) is 0 Å². The third-order valence-corrected chi connectivity index (χ3v) is 4.59. The second kappa shape index (κ2) is 5.33. The quantitative estimate of drug-likeness (QED) is 0.877. The first-order valence-electron chi connectivity index (χ1n) is 5.57. The van der Waals surface area contributed by atoms with Crippen LogP contribution in [0, 0.1) is 11.3 Å². The number of ether oxygens (including phenoxy) is 1. The van der Waals surface area contributed by atoms with Gasteiger partial charge in [-0.1, -0.05) is 0 Å². The summed E-state index contributed by atoms with van der Waals surface area (Å²) in [7, 11) is -3.43. The van der Waals surface area contributed by atoms with Crippen LogP contribution in [0.25, 0.3) is 0 Å². The van der Waals surface area contributed by atoms with Gasteiger partial charge in [0.2, 0.25) is 10.0 Å². The maximum Gasteiger partial charge on any atom is 0.236 e. The lowest BCUT2D eigenvalue weighted by Gasteiger charge is -2.22. The van der Waals surface area contributed by atoms with Crippen molar-refractivity contribution in [2.24, 2.45) is 0 Å². The zero-order valence-electron chi connectivity index (χ0n) is 9.67. The fourth-order valence-corrected chi connectivity index (χ4v) is 3.13. The molecule has 2 heterocycles. The van der Waals surface area contributed by atoms with E-state index >= 15 is 0 Å². The van der Waals surface area contributed by atoms with Crippen LogP contribution in [0.2, 0.25) is 0 Å². The lowest BCUT2D eigenvalue weighted by atomic mass is 10.2. The lowest BCUT2D eigenvalue weighted by Crippen LogP contribution is -2.33. The van der Waals surface area contributed by atoms with Gasteiger partial charge in [-0.05, 0) is 25.0 Å². The van der Waals surface area contributed by atoms with Crippen LogP contribution in [-0.4, -0.2) is 31.9 Å². The molecule has 7 heteroatoms. The Morgan fingerprint density at radius 2 is 2.11 bits per heavy atom. The largest absolute Gasteiger partial charge is 0.381 e. The van der Waals surface area contributed by atoms with Gasteiger partial charge in [-0.15, -0.1) is 0 Å². The van der Waals surface area contributed by atoms with Crippen LogP contribution >= 0.6 is 0 Å². The van der Waals surface area contributed by atoms with Gasteiger partial charge in [-0.3, -0.25) is 4.72 Å². The summed E-state index contributed by atoms with van der Waals surface area (Å²) in [4.78, 5) is 3.89. The molecule has 1 fully saturated rings. The van der Waals surface area contributed by atoms with Gasteiger partial charge in [0.25, 0.3) is 0 Å². The third kappa shape index (κ3) is 2.97. The molecule has 2 rings (SSSR count). The van der Waals surface area contributed by atoms with Crippen LogP contribution < -0.4 is 4.72 Å². The SMILES string of the molecule is N#Cc1ccc(NS(=O)(=O)C2CCOCC2)nc1. The molecule has 0 atom stereocenters. The van der Waals surface area contributed by atoms with Crippen molar-refractivity contribution in [3.05, 3.63) is 23.9 Å². The molecule has 1 saturated heterocycles. The second-order valence-electron chi connectivity index (χ2n) is 4.00. The number of pyridine rings is 1. The van der Waals surface area contributed by atoms with Crippen molar-refractivity contribution in [1.82, 2.24) is 4.98 Å². The monoisotopic (exact) mass is 267 g/mol. The van der Waals surface area contributed by atoms with E-state index in [-0.39, 0.29) is 5.82 Å². The number of nitrogens with zero attached hydrogens (tertiary/aromatic N) is 2. The Morgan fingerprint density at radius 3 is 2.67 bits per heavy atom. The fourth-order valence-electron chi connectivity index (χ4n) is 1.74. The molecule has 1 aliphatic rings. The molecule has 1 N–H and O–H groups in total. The number of nitrogens with one attached hydrogen (secondary N) is 1. The Kier molecular flexibility index (Phi) is 3.79. The number of rotatable bonds is 3. The topological polar surface area (TPSA) is 92.1 Å². The molecule has 1 aromatic heterocycles.